The smallest absolute Gasteiger partial charge is 0.333 e. The Labute approximate surface area is 148 Å². The highest BCUT2D eigenvalue weighted by atomic mass is 16.6. The minimum Gasteiger partial charge on any atom is -0.455 e. The average molecular weight is 333 g/mol. The number of ether oxygens (including phenoxy) is 1. The van der Waals surface area contributed by atoms with Gasteiger partial charge in [-0.15, -0.1) is 0 Å². The van der Waals surface area contributed by atoms with E-state index in [1.165, 1.54) is 64.2 Å². The number of hydrogen-bond acceptors (Lipinski definition) is 2. The Morgan fingerprint density at radius 2 is 1.67 bits per heavy atom. The van der Waals surface area contributed by atoms with Crippen LogP contribution in [0.3, 0.4) is 0 Å². The number of carbonyl (C=O) groups is 1. The van der Waals surface area contributed by atoms with E-state index in [1.54, 1.807) is 6.92 Å². The van der Waals surface area contributed by atoms with Gasteiger partial charge in [-0.1, -0.05) is 46.1 Å². The lowest BCUT2D eigenvalue weighted by Crippen LogP contribution is -2.62. The lowest BCUT2D eigenvalue weighted by atomic mass is 9.47. The summed E-state index contributed by atoms with van der Waals surface area (Å²) in [6, 6.07) is 0. The van der Waals surface area contributed by atoms with Crippen LogP contribution in [0.1, 0.15) is 85.0 Å². The molecule has 4 bridgehead atoms. The van der Waals surface area contributed by atoms with Gasteiger partial charge in [-0.25, -0.2) is 4.79 Å². The molecule has 24 heavy (non-hydrogen) atoms. The first-order valence-electron chi connectivity index (χ1n) is 10.4. The van der Waals surface area contributed by atoms with E-state index >= 15 is 0 Å². The van der Waals surface area contributed by atoms with Crippen molar-refractivity contribution in [1.29, 1.82) is 0 Å². The summed E-state index contributed by atoms with van der Waals surface area (Å²) >= 11 is 0. The van der Waals surface area contributed by atoms with Gasteiger partial charge >= 0.3 is 5.97 Å². The van der Waals surface area contributed by atoms with E-state index in [-0.39, 0.29) is 11.6 Å². The normalized spacial score (nSPS) is 38.1. The van der Waals surface area contributed by atoms with Crippen molar-refractivity contribution in [1.82, 2.24) is 0 Å². The SMILES string of the molecule is C=C(C)C(=O)OC1(C(C)CCCCCC)C2CC3CC(C2)CC1C3. The fraction of sp³-hybridized carbons (Fsp3) is 0.864. The molecule has 0 N–H and O–H groups in total. The summed E-state index contributed by atoms with van der Waals surface area (Å²) in [5.41, 5.74) is 0.358. The van der Waals surface area contributed by atoms with Gasteiger partial charge in [-0.3, -0.25) is 0 Å². The molecule has 4 fully saturated rings. The van der Waals surface area contributed by atoms with E-state index in [0.29, 0.717) is 23.3 Å². The van der Waals surface area contributed by atoms with E-state index in [2.05, 4.69) is 20.4 Å². The van der Waals surface area contributed by atoms with E-state index in [4.69, 9.17) is 4.74 Å². The van der Waals surface area contributed by atoms with Gasteiger partial charge in [0.2, 0.25) is 0 Å². The lowest BCUT2D eigenvalue weighted by Gasteiger charge is -2.62. The first-order chi connectivity index (χ1) is 11.5. The molecule has 0 amide bonds. The Kier molecular flexibility index (Phi) is 5.42. The van der Waals surface area contributed by atoms with Crippen LogP contribution in [0, 0.1) is 29.6 Å². The molecule has 0 saturated heterocycles. The van der Waals surface area contributed by atoms with Crippen LogP contribution in [0.5, 0.6) is 0 Å². The van der Waals surface area contributed by atoms with Gasteiger partial charge < -0.3 is 4.74 Å². The van der Waals surface area contributed by atoms with Crippen molar-refractivity contribution in [2.24, 2.45) is 29.6 Å². The quantitative estimate of drug-likeness (QED) is 0.314. The molecule has 0 spiro atoms. The van der Waals surface area contributed by atoms with Crippen LogP contribution in [0.25, 0.3) is 0 Å². The zero-order valence-electron chi connectivity index (χ0n) is 16.0. The minimum atomic E-state index is -0.199. The molecular weight excluding hydrogens is 296 g/mol. The Balaban J connectivity index is 1.79. The summed E-state index contributed by atoms with van der Waals surface area (Å²) in [5.74, 6) is 3.32. The zero-order valence-corrected chi connectivity index (χ0v) is 16.0. The summed E-state index contributed by atoms with van der Waals surface area (Å²) in [7, 11) is 0. The van der Waals surface area contributed by atoms with Crippen molar-refractivity contribution in [3.8, 4) is 0 Å². The third kappa shape index (κ3) is 3.18. The predicted octanol–water partition coefficient (Wildman–Crippen LogP) is 5.91. The zero-order chi connectivity index (χ0) is 17.3. The van der Waals surface area contributed by atoms with Crippen molar-refractivity contribution >= 4 is 5.97 Å². The molecular formula is C22H36O2. The van der Waals surface area contributed by atoms with E-state index < -0.39 is 0 Å². The van der Waals surface area contributed by atoms with Crippen LogP contribution in [0.4, 0.5) is 0 Å². The van der Waals surface area contributed by atoms with Crippen molar-refractivity contribution in [2.75, 3.05) is 0 Å². The fourth-order valence-electron chi connectivity index (χ4n) is 6.34. The van der Waals surface area contributed by atoms with Gasteiger partial charge in [0.05, 0.1) is 0 Å². The van der Waals surface area contributed by atoms with Gasteiger partial charge in [0.1, 0.15) is 5.60 Å². The van der Waals surface area contributed by atoms with E-state index in [1.807, 2.05) is 0 Å². The predicted molar refractivity (Wildman–Crippen MR) is 98.6 cm³/mol. The first-order valence-corrected chi connectivity index (χ1v) is 10.4. The van der Waals surface area contributed by atoms with Crippen molar-refractivity contribution in [2.45, 2.75) is 90.6 Å². The van der Waals surface area contributed by atoms with Gasteiger partial charge in [0.25, 0.3) is 0 Å². The van der Waals surface area contributed by atoms with Gasteiger partial charge in [0.15, 0.2) is 0 Å². The maximum absolute atomic E-state index is 12.5. The van der Waals surface area contributed by atoms with Crippen LogP contribution in [0.2, 0.25) is 0 Å². The Morgan fingerprint density at radius 1 is 1.08 bits per heavy atom. The fourth-order valence-corrected chi connectivity index (χ4v) is 6.34. The number of unbranched alkanes of at least 4 members (excludes halogenated alkanes) is 3. The largest absolute Gasteiger partial charge is 0.455 e. The molecule has 4 saturated carbocycles. The molecule has 0 aliphatic heterocycles. The molecule has 0 radical (unpaired) electrons. The average Bonchev–Trinajstić information content (AvgIpc) is 2.54. The number of hydrogen-bond donors (Lipinski definition) is 0. The lowest BCUT2D eigenvalue weighted by molar-refractivity contribution is -0.224. The van der Waals surface area contributed by atoms with E-state index in [0.717, 1.165) is 11.8 Å². The topological polar surface area (TPSA) is 26.3 Å². The van der Waals surface area contributed by atoms with Crippen LogP contribution < -0.4 is 0 Å². The van der Waals surface area contributed by atoms with Gasteiger partial charge in [-0.05, 0) is 75.0 Å². The van der Waals surface area contributed by atoms with Gasteiger partial charge in [0, 0.05) is 5.57 Å². The number of carbonyl (C=O) groups excluding carboxylic acids is 1. The maximum atomic E-state index is 12.5. The van der Waals surface area contributed by atoms with Crippen LogP contribution >= 0.6 is 0 Å². The second kappa shape index (κ2) is 7.22. The Bertz CT molecular complexity index is 450. The third-order valence-corrected chi connectivity index (χ3v) is 7.29. The molecule has 136 valence electrons. The summed E-state index contributed by atoms with van der Waals surface area (Å²) in [4.78, 5) is 12.5. The highest BCUT2D eigenvalue weighted by molar-refractivity contribution is 5.87. The second-order valence-corrected chi connectivity index (χ2v) is 9.08. The van der Waals surface area contributed by atoms with Crippen LogP contribution in [-0.2, 0) is 9.53 Å². The Morgan fingerprint density at radius 3 is 2.17 bits per heavy atom. The molecule has 0 aromatic heterocycles. The molecule has 0 aromatic carbocycles. The van der Waals surface area contributed by atoms with Crippen LogP contribution in [0.15, 0.2) is 12.2 Å². The van der Waals surface area contributed by atoms with Crippen molar-refractivity contribution in [3.63, 3.8) is 0 Å². The molecule has 2 heteroatoms. The van der Waals surface area contributed by atoms with Crippen LogP contribution in [-0.4, -0.2) is 11.6 Å². The molecule has 2 nitrogen and oxygen atoms in total. The highest BCUT2D eigenvalue weighted by Gasteiger charge is 2.61. The van der Waals surface area contributed by atoms with Gasteiger partial charge in [-0.2, -0.15) is 0 Å². The molecule has 1 atom stereocenters. The van der Waals surface area contributed by atoms with E-state index in [9.17, 15) is 4.79 Å². The molecule has 1 unspecified atom stereocenters. The maximum Gasteiger partial charge on any atom is 0.333 e. The second-order valence-electron chi connectivity index (χ2n) is 9.08. The summed E-state index contributed by atoms with van der Waals surface area (Å²) in [6.45, 7) is 10.3. The standard InChI is InChI=1S/C22H36O2/c1-5-6-7-8-9-16(4)22(24-21(23)15(2)3)19-11-17-10-18(13-19)14-20(22)12-17/h16-20H,2,5-14H2,1,3-4H3. The summed E-state index contributed by atoms with van der Waals surface area (Å²) in [5, 5.41) is 0. The van der Waals surface area contributed by atoms with Crippen molar-refractivity contribution < 1.29 is 9.53 Å². The third-order valence-electron chi connectivity index (χ3n) is 7.29. The summed E-state index contributed by atoms with van der Waals surface area (Å²) < 4.78 is 6.36. The van der Waals surface area contributed by atoms with Crippen molar-refractivity contribution in [3.05, 3.63) is 12.2 Å². The monoisotopic (exact) mass is 332 g/mol. The molecule has 4 aliphatic rings. The minimum absolute atomic E-state index is 0.150. The molecule has 0 heterocycles. The summed E-state index contributed by atoms with van der Waals surface area (Å²) in [6.07, 6.45) is 13.0. The number of rotatable bonds is 8. The molecule has 4 rings (SSSR count). The molecule has 0 aromatic rings. The molecule has 4 aliphatic carbocycles. The number of esters is 1. The Hall–Kier alpha value is -0.790. The first kappa shape index (κ1) is 18.0. The highest BCUT2D eigenvalue weighted by Crippen LogP contribution is 2.62.